The second-order valence-electron chi connectivity index (χ2n) is 5.35. The quantitative estimate of drug-likeness (QED) is 0.854. The lowest BCUT2D eigenvalue weighted by Crippen LogP contribution is -2.30. The van der Waals surface area contributed by atoms with Gasteiger partial charge in [0.25, 0.3) is 5.91 Å². The van der Waals surface area contributed by atoms with E-state index in [4.69, 9.17) is 14.2 Å². The maximum Gasteiger partial charge on any atom is 0.311 e. The Morgan fingerprint density at radius 1 is 1.12 bits per heavy atom. The van der Waals surface area contributed by atoms with E-state index in [-0.39, 0.29) is 13.2 Å². The second-order valence-corrected chi connectivity index (χ2v) is 5.35. The van der Waals surface area contributed by atoms with Crippen LogP contribution >= 0.6 is 0 Å². The first-order valence-corrected chi connectivity index (χ1v) is 7.56. The number of benzene rings is 2. The highest BCUT2D eigenvalue weighted by atomic mass is 16.7. The number of fused-ring (bicyclic) bond motifs is 1. The van der Waals surface area contributed by atoms with Crippen molar-refractivity contribution in [2.75, 3.05) is 12.1 Å². The van der Waals surface area contributed by atoms with Gasteiger partial charge in [0.1, 0.15) is 0 Å². The predicted molar refractivity (Wildman–Crippen MR) is 86.9 cm³/mol. The van der Waals surface area contributed by atoms with Crippen molar-refractivity contribution in [3.8, 4) is 11.5 Å². The largest absolute Gasteiger partial charge is 0.454 e. The Hall–Kier alpha value is -3.02. The van der Waals surface area contributed by atoms with Gasteiger partial charge in [-0.3, -0.25) is 9.59 Å². The molecule has 1 N–H and O–H groups in total. The Morgan fingerprint density at radius 3 is 2.67 bits per heavy atom. The summed E-state index contributed by atoms with van der Waals surface area (Å²) in [6.45, 7) is 1.70. The molecule has 0 aliphatic carbocycles. The fraction of sp³-hybridized carbons (Fsp3) is 0.222. The lowest BCUT2D eigenvalue weighted by atomic mass is 10.1. The van der Waals surface area contributed by atoms with Gasteiger partial charge in [0.2, 0.25) is 6.79 Å². The van der Waals surface area contributed by atoms with Crippen LogP contribution in [0.25, 0.3) is 0 Å². The highest BCUT2D eigenvalue weighted by molar-refractivity contribution is 5.95. The van der Waals surface area contributed by atoms with Crippen molar-refractivity contribution < 1.29 is 23.8 Å². The van der Waals surface area contributed by atoms with Gasteiger partial charge >= 0.3 is 5.97 Å². The van der Waals surface area contributed by atoms with Crippen LogP contribution in [0.2, 0.25) is 0 Å². The number of rotatable bonds is 5. The molecule has 2 aromatic rings. The molecular weight excluding hydrogens is 310 g/mol. The highest BCUT2D eigenvalue weighted by Crippen LogP contribution is 2.34. The zero-order chi connectivity index (χ0) is 16.9. The standard InChI is InChI=1S/C18H17NO5/c1-12(24-17(20)9-13-5-3-2-4-6-13)18(21)19-14-7-8-15-16(10-14)23-11-22-15/h2-8,10,12H,9,11H2,1H3,(H,19,21)/t12-/m1/s1. The predicted octanol–water partition coefficient (Wildman–Crippen LogP) is 2.53. The number of nitrogens with one attached hydrogen (secondary N) is 1. The molecular formula is C18H17NO5. The molecule has 2 aromatic carbocycles. The van der Waals surface area contributed by atoms with E-state index < -0.39 is 18.0 Å². The van der Waals surface area contributed by atoms with Crippen molar-refractivity contribution in [1.29, 1.82) is 0 Å². The smallest absolute Gasteiger partial charge is 0.311 e. The average Bonchev–Trinajstić information content (AvgIpc) is 3.03. The molecule has 1 aliphatic heterocycles. The van der Waals surface area contributed by atoms with E-state index in [1.54, 1.807) is 18.2 Å². The minimum Gasteiger partial charge on any atom is -0.454 e. The van der Waals surface area contributed by atoms with Gasteiger partial charge in [-0.2, -0.15) is 0 Å². The summed E-state index contributed by atoms with van der Waals surface area (Å²) in [7, 11) is 0. The van der Waals surface area contributed by atoms with Crippen molar-refractivity contribution >= 4 is 17.6 Å². The van der Waals surface area contributed by atoms with Crippen LogP contribution in [0, 0.1) is 0 Å². The van der Waals surface area contributed by atoms with E-state index in [0.717, 1.165) is 5.56 Å². The number of amides is 1. The summed E-state index contributed by atoms with van der Waals surface area (Å²) in [6, 6.07) is 14.3. The molecule has 6 heteroatoms. The maximum atomic E-state index is 12.1. The Morgan fingerprint density at radius 2 is 1.88 bits per heavy atom. The third-order valence-electron chi connectivity index (χ3n) is 3.51. The number of hydrogen-bond acceptors (Lipinski definition) is 5. The monoisotopic (exact) mass is 327 g/mol. The van der Waals surface area contributed by atoms with Gasteiger partial charge in [-0.05, 0) is 24.6 Å². The molecule has 6 nitrogen and oxygen atoms in total. The molecule has 1 amide bonds. The summed E-state index contributed by atoms with van der Waals surface area (Å²) in [5, 5.41) is 2.69. The molecule has 0 fully saturated rings. The molecule has 3 rings (SSSR count). The van der Waals surface area contributed by atoms with E-state index >= 15 is 0 Å². The lowest BCUT2D eigenvalue weighted by Gasteiger charge is -2.14. The fourth-order valence-electron chi connectivity index (χ4n) is 2.27. The highest BCUT2D eigenvalue weighted by Gasteiger charge is 2.19. The van der Waals surface area contributed by atoms with Gasteiger partial charge < -0.3 is 19.5 Å². The van der Waals surface area contributed by atoms with E-state index in [0.29, 0.717) is 17.2 Å². The van der Waals surface area contributed by atoms with Crippen molar-refractivity contribution in [2.45, 2.75) is 19.4 Å². The third-order valence-corrected chi connectivity index (χ3v) is 3.51. The van der Waals surface area contributed by atoms with Crippen molar-refractivity contribution in [2.24, 2.45) is 0 Å². The zero-order valence-electron chi connectivity index (χ0n) is 13.2. The van der Waals surface area contributed by atoms with Gasteiger partial charge in [0.15, 0.2) is 17.6 Å². The van der Waals surface area contributed by atoms with Crippen LogP contribution in [0.4, 0.5) is 5.69 Å². The topological polar surface area (TPSA) is 73.9 Å². The number of hydrogen-bond donors (Lipinski definition) is 1. The van der Waals surface area contributed by atoms with Crippen LogP contribution in [0.1, 0.15) is 12.5 Å². The molecule has 24 heavy (non-hydrogen) atoms. The van der Waals surface area contributed by atoms with Crippen LogP contribution in [0.15, 0.2) is 48.5 Å². The Labute approximate surface area is 139 Å². The summed E-state index contributed by atoms with van der Waals surface area (Å²) >= 11 is 0. The fourth-order valence-corrected chi connectivity index (χ4v) is 2.27. The van der Waals surface area contributed by atoms with Crippen molar-refractivity contribution in [1.82, 2.24) is 0 Å². The second kappa shape index (κ2) is 7.04. The molecule has 1 atom stereocenters. The van der Waals surface area contributed by atoms with Gasteiger partial charge in [-0.1, -0.05) is 30.3 Å². The van der Waals surface area contributed by atoms with Crippen LogP contribution in [-0.4, -0.2) is 24.8 Å². The van der Waals surface area contributed by atoms with Crippen molar-refractivity contribution in [3.05, 3.63) is 54.1 Å². The van der Waals surface area contributed by atoms with E-state index in [1.165, 1.54) is 6.92 Å². The molecule has 0 aromatic heterocycles. The maximum absolute atomic E-state index is 12.1. The molecule has 1 aliphatic rings. The summed E-state index contributed by atoms with van der Waals surface area (Å²) in [5.41, 5.74) is 1.39. The summed E-state index contributed by atoms with van der Waals surface area (Å²) in [6.07, 6.45) is -0.769. The van der Waals surface area contributed by atoms with Gasteiger partial charge in [0.05, 0.1) is 6.42 Å². The van der Waals surface area contributed by atoms with Crippen LogP contribution in [0.3, 0.4) is 0 Å². The zero-order valence-corrected chi connectivity index (χ0v) is 13.2. The first-order chi connectivity index (χ1) is 11.6. The van der Waals surface area contributed by atoms with Crippen LogP contribution in [0.5, 0.6) is 11.5 Å². The van der Waals surface area contributed by atoms with E-state index in [2.05, 4.69) is 5.32 Å². The van der Waals surface area contributed by atoms with Crippen molar-refractivity contribution in [3.63, 3.8) is 0 Å². The van der Waals surface area contributed by atoms with Gasteiger partial charge in [0, 0.05) is 11.8 Å². The van der Waals surface area contributed by atoms with E-state index in [9.17, 15) is 9.59 Å². The Balaban J connectivity index is 1.54. The first kappa shape index (κ1) is 15.9. The Bertz CT molecular complexity index is 744. The van der Waals surface area contributed by atoms with E-state index in [1.807, 2.05) is 30.3 Å². The normalized spacial score (nSPS) is 13.2. The number of esters is 1. The minimum absolute atomic E-state index is 0.127. The Kier molecular flexibility index (Phi) is 4.65. The molecule has 0 radical (unpaired) electrons. The summed E-state index contributed by atoms with van der Waals surface area (Å²) in [4.78, 5) is 24.0. The summed E-state index contributed by atoms with van der Waals surface area (Å²) in [5.74, 6) is 0.349. The number of carbonyl (C=O) groups excluding carboxylic acids is 2. The third kappa shape index (κ3) is 3.84. The number of anilines is 1. The minimum atomic E-state index is -0.897. The number of carbonyl (C=O) groups is 2. The number of ether oxygens (including phenoxy) is 3. The first-order valence-electron chi connectivity index (χ1n) is 7.56. The van der Waals surface area contributed by atoms with Gasteiger partial charge in [-0.25, -0.2) is 0 Å². The average molecular weight is 327 g/mol. The van der Waals surface area contributed by atoms with Crippen LogP contribution < -0.4 is 14.8 Å². The molecule has 0 spiro atoms. The molecule has 1 heterocycles. The molecule has 0 saturated carbocycles. The van der Waals surface area contributed by atoms with Crippen LogP contribution in [-0.2, 0) is 20.7 Å². The SMILES string of the molecule is C[C@@H](OC(=O)Cc1ccccc1)C(=O)Nc1ccc2c(c1)OCO2. The molecule has 0 bridgehead atoms. The van der Waals surface area contributed by atoms with Gasteiger partial charge in [-0.15, -0.1) is 0 Å². The molecule has 124 valence electrons. The lowest BCUT2D eigenvalue weighted by molar-refractivity contribution is -0.152. The molecule has 0 saturated heterocycles. The summed E-state index contributed by atoms with van der Waals surface area (Å²) < 4.78 is 15.6. The molecule has 0 unspecified atom stereocenters.